The van der Waals surface area contributed by atoms with Gasteiger partial charge in [0.05, 0.1) is 5.41 Å². The Morgan fingerprint density at radius 2 is 1.93 bits per heavy atom. The summed E-state index contributed by atoms with van der Waals surface area (Å²) in [5.41, 5.74) is -0.849. The lowest BCUT2D eigenvalue weighted by molar-refractivity contribution is -0.149. The van der Waals surface area contributed by atoms with Gasteiger partial charge in [-0.05, 0) is 18.9 Å². The van der Waals surface area contributed by atoms with Gasteiger partial charge >= 0.3 is 5.97 Å². The van der Waals surface area contributed by atoms with Crippen molar-refractivity contribution in [3.63, 3.8) is 0 Å². The SMILES string of the molecule is C=CC(=O)NCC(CC)(CC)C(=O)O. The van der Waals surface area contributed by atoms with Gasteiger partial charge in [0.2, 0.25) is 5.91 Å². The molecule has 0 atom stereocenters. The molecule has 14 heavy (non-hydrogen) atoms. The Morgan fingerprint density at radius 1 is 1.43 bits per heavy atom. The van der Waals surface area contributed by atoms with Gasteiger partial charge in [0.1, 0.15) is 0 Å². The summed E-state index contributed by atoms with van der Waals surface area (Å²) in [4.78, 5) is 21.9. The van der Waals surface area contributed by atoms with Gasteiger partial charge in [0.15, 0.2) is 0 Å². The highest BCUT2D eigenvalue weighted by molar-refractivity contribution is 5.87. The van der Waals surface area contributed by atoms with Crippen molar-refractivity contribution in [2.45, 2.75) is 26.7 Å². The third kappa shape index (κ3) is 2.87. The molecule has 0 saturated heterocycles. The van der Waals surface area contributed by atoms with Gasteiger partial charge in [-0.15, -0.1) is 0 Å². The van der Waals surface area contributed by atoms with Crippen LogP contribution >= 0.6 is 0 Å². The van der Waals surface area contributed by atoms with E-state index in [1.807, 2.05) is 0 Å². The molecule has 0 fully saturated rings. The molecule has 0 saturated carbocycles. The first kappa shape index (κ1) is 12.7. The number of aliphatic carboxylic acids is 1. The maximum Gasteiger partial charge on any atom is 0.311 e. The molecular formula is C10H17NO3. The number of carboxylic acid groups (broad SMARTS) is 1. The number of hydrogen-bond acceptors (Lipinski definition) is 2. The molecule has 0 aromatic rings. The average molecular weight is 199 g/mol. The normalized spacial score (nSPS) is 10.7. The van der Waals surface area contributed by atoms with Gasteiger partial charge in [0, 0.05) is 6.54 Å². The zero-order chi connectivity index (χ0) is 11.2. The molecule has 0 bridgehead atoms. The Kier molecular flexibility index (Phi) is 4.91. The number of amides is 1. The monoisotopic (exact) mass is 199 g/mol. The van der Waals surface area contributed by atoms with E-state index < -0.39 is 11.4 Å². The first-order chi connectivity index (χ1) is 6.52. The van der Waals surface area contributed by atoms with Crippen LogP contribution in [0.3, 0.4) is 0 Å². The fraction of sp³-hybridized carbons (Fsp3) is 0.600. The van der Waals surface area contributed by atoms with E-state index in [-0.39, 0.29) is 12.5 Å². The molecule has 0 aliphatic heterocycles. The lowest BCUT2D eigenvalue weighted by Crippen LogP contribution is -2.41. The molecule has 0 spiro atoms. The van der Waals surface area contributed by atoms with Crippen molar-refractivity contribution < 1.29 is 14.7 Å². The minimum absolute atomic E-state index is 0.153. The molecule has 0 heterocycles. The number of hydrogen-bond donors (Lipinski definition) is 2. The molecular weight excluding hydrogens is 182 g/mol. The molecule has 0 aliphatic carbocycles. The molecule has 4 heteroatoms. The third-order valence-corrected chi connectivity index (χ3v) is 2.59. The maximum absolute atomic E-state index is 11.0. The van der Waals surface area contributed by atoms with Crippen LogP contribution in [0.4, 0.5) is 0 Å². The number of carbonyl (C=O) groups is 2. The van der Waals surface area contributed by atoms with Crippen molar-refractivity contribution in [1.82, 2.24) is 5.32 Å². The van der Waals surface area contributed by atoms with Gasteiger partial charge in [-0.3, -0.25) is 9.59 Å². The number of nitrogens with one attached hydrogen (secondary N) is 1. The molecule has 0 aromatic carbocycles. The van der Waals surface area contributed by atoms with Crippen molar-refractivity contribution in [3.05, 3.63) is 12.7 Å². The smallest absolute Gasteiger partial charge is 0.311 e. The molecule has 0 unspecified atom stereocenters. The topological polar surface area (TPSA) is 66.4 Å². The molecule has 0 aliphatic rings. The Labute approximate surface area is 84.0 Å². The van der Waals surface area contributed by atoms with E-state index in [0.29, 0.717) is 12.8 Å². The minimum atomic E-state index is -0.869. The van der Waals surface area contributed by atoms with Crippen molar-refractivity contribution >= 4 is 11.9 Å². The predicted molar refractivity (Wildman–Crippen MR) is 53.9 cm³/mol. The second-order valence-electron chi connectivity index (χ2n) is 3.21. The summed E-state index contributed by atoms with van der Waals surface area (Å²) in [6, 6.07) is 0. The Balaban J connectivity index is 4.44. The fourth-order valence-electron chi connectivity index (χ4n) is 1.21. The van der Waals surface area contributed by atoms with Crippen molar-refractivity contribution in [2.75, 3.05) is 6.54 Å². The van der Waals surface area contributed by atoms with Crippen molar-refractivity contribution in [2.24, 2.45) is 5.41 Å². The zero-order valence-corrected chi connectivity index (χ0v) is 8.67. The molecule has 1 amide bonds. The van der Waals surface area contributed by atoms with E-state index in [1.54, 1.807) is 13.8 Å². The van der Waals surface area contributed by atoms with E-state index >= 15 is 0 Å². The molecule has 0 aromatic heterocycles. The highest BCUT2D eigenvalue weighted by Crippen LogP contribution is 2.25. The highest BCUT2D eigenvalue weighted by Gasteiger charge is 2.34. The predicted octanol–water partition coefficient (Wildman–Crippen LogP) is 1.18. The molecule has 80 valence electrons. The van der Waals surface area contributed by atoms with Crippen LogP contribution in [0, 0.1) is 5.41 Å². The van der Waals surface area contributed by atoms with Gasteiger partial charge in [-0.25, -0.2) is 0 Å². The Hall–Kier alpha value is -1.32. The lowest BCUT2D eigenvalue weighted by Gasteiger charge is -2.26. The van der Waals surface area contributed by atoms with Crippen LogP contribution in [0.1, 0.15) is 26.7 Å². The third-order valence-electron chi connectivity index (χ3n) is 2.59. The van der Waals surface area contributed by atoms with Gasteiger partial charge < -0.3 is 10.4 Å². The van der Waals surface area contributed by atoms with Gasteiger partial charge in [0.25, 0.3) is 0 Å². The van der Waals surface area contributed by atoms with E-state index in [0.717, 1.165) is 6.08 Å². The highest BCUT2D eigenvalue weighted by atomic mass is 16.4. The summed E-state index contributed by atoms with van der Waals surface area (Å²) in [7, 11) is 0. The number of carboxylic acids is 1. The minimum Gasteiger partial charge on any atom is -0.481 e. The van der Waals surface area contributed by atoms with Crippen molar-refractivity contribution in [3.8, 4) is 0 Å². The van der Waals surface area contributed by atoms with E-state index in [1.165, 1.54) is 0 Å². The van der Waals surface area contributed by atoms with Crippen molar-refractivity contribution in [1.29, 1.82) is 0 Å². The molecule has 2 N–H and O–H groups in total. The van der Waals surface area contributed by atoms with Crippen LogP contribution in [0.5, 0.6) is 0 Å². The molecule has 0 rings (SSSR count). The maximum atomic E-state index is 11.0. The lowest BCUT2D eigenvalue weighted by atomic mass is 9.82. The van der Waals surface area contributed by atoms with Crippen LogP contribution in [0.15, 0.2) is 12.7 Å². The second-order valence-corrected chi connectivity index (χ2v) is 3.21. The van der Waals surface area contributed by atoms with E-state index in [9.17, 15) is 9.59 Å². The van der Waals surface area contributed by atoms with E-state index in [2.05, 4.69) is 11.9 Å². The largest absolute Gasteiger partial charge is 0.481 e. The average Bonchev–Trinajstić information content (AvgIpc) is 2.19. The van der Waals surface area contributed by atoms with Crippen LogP contribution in [0.2, 0.25) is 0 Å². The quantitative estimate of drug-likeness (QED) is 0.631. The summed E-state index contributed by atoms with van der Waals surface area (Å²) >= 11 is 0. The fourth-order valence-corrected chi connectivity index (χ4v) is 1.21. The summed E-state index contributed by atoms with van der Waals surface area (Å²) in [6.07, 6.45) is 2.13. The van der Waals surface area contributed by atoms with Crippen LogP contribution in [0.25, 0.3) is 0 Å². The number of carbonyl (C=O) groups excluding carboxylic acids is 1. The van der Waals surface area contributed by atoms with Crippen LogP contribution in [-0.2, 0) is 9.59 Å². The second kappa shape index (κ2) is 5.42. The summed E-state index contributed by atoms with van der Waals surface area (Å²) < 4.78 is 0. The first-order valence-corrected chi connectivity index (χ1v) is 4.66. The van der Waals surface area contributed by atoms with Gasteiger partial charge in [-0.2, -0.15) is 0 Å². The van der Waals surface area contributed by atoms with Crippen LogP contribution < -0.4 is 5.32 Å². The Bertz CT molecular complexity index is 232. The number of rotatable bonds is 6. The summed E-state index contributed by atoms with van der Waals surface area (Å²) in [5.74, 6) is -1.20. The van der Waals surface area contributed by atoms with E-state index in [4.69, 9.17) is 5.11 Å². The molecule has 4 nitrogen and oxygen atoms in total. The summed E-state index contributed by atoms with van der Waals surface area (Å²) in [5, 5.41) is 11.6. The van der Waals surface area contributed by atoms with Crippen LogP contribution in [-0.4, -0.2) is 23.5 Å². The summed E-state index contributed by atoms with van der Waals surface area (Å²) in [6.45, 7) is 7.06. The Morgan fingerprint density at radius 3 is 2.21 bits per heavy atom. The zero-order valence-electron chi connectivity index (χ0n) is 8.67. The molecule has 0 radical (unpaired) electrons. The van der Waals surface area contributed by atoms with Gasteiger partial charge in [-0.1, -0.05) is 20.4 Å². The standard InChI is InChI=1S/C10H17NO3/c1-4-8(12)11-7-10(5-2,6-3)9(13)14/h4H,1,5-7H2,2-3H3,(H,11,12)(H,13,14). The first-order valence-electron chi connectivity index (χ1n) is 4.66.